The molecular weight excluding hydrogens is 427 g/mol. The van der Waals surface area contributed by atoms with Crippen LogP contribution in [0, 0.1) is 23.1 Å². The number of rotatable bonds is 3. The normalized spacial score (nSPS) is 26.0. The Morgan fingerprint density at radius 1 is 1.23 bits per heavy atom. The Bertz CT molecular complexity index is 1310. The zero-order valence-electron chi connectivity index (χ0n) is 16.0. The third-order valence-electron chi connectivity index (χ3n) is 5.56. The zero-order chi connectivity index (χ0) is 22.0. The Morgan fingerprint density at radius 2 is 2.03 bits per heavy atom. The van der Waals surface area contributed by atoms with E-state index in [0.717, 1.165) is 11.8 Å². The molecule has 0 saturated heterocycles. The Balaban J connectivity index is 1.56. The predicted octanol–water partition coefficient (Wildman–Crippen LogP) is 3.69. The highest BCUT2D eigenvalue weighted by atomic mass is 32.2. The number of thioether (sulfide) groups is 1. The number of hydrogen-bond acceptors (Lipinski definition) is 8. The first-order chi connectivity index (χ1) is 14.7. The number of hydrogen-bond donors (Lipinski definition) is 2. The lowest BCUT2D eigenvalue weighted by Gasteiger charge is -2.29. The van der Waals surface area contributed by atoms with Gasteiger partial charge in [-0.25, -0.2) is 28.1 Å². The average molecular weight is 441 g/mol. The van der Waals surface area contributed by atoms with Crippen LogP contribution in [0.3, 0.4) is 0 Å². The van der Waals surface area contributed by atoms with Crippen LogP contribution in [0.1, 0.15) is 18.1 Å². The number of nitrogens with one attached hydrogen (secondary N) is 1. The highest BCUT2D eigenvalue weighted by Crippen LogP contribution is 2.66. The number of nitrogens with zero attached hydrogens (tertiary/aromatic N) is 5. The fraction of sp³-hybridized carbons (Fsp3) is 0.250. The van der Waals surface area contributed by atoms with Gasteiger partial charge in [0.2, 0.25) is 0 Å². The van der Waals surface area contributed by atoms with Crippen LogP contribution in [0.25, 0.3) is 11.0 Å². The van der Waals surface area contributed by atoms with Crippen molar-refractivity contribution >= 4 is 39.5 Å². The molecule has 1 fully saturated rings. The van der Waals surface area contributed by atoms with Crippen LogP contribution in [0.2, 0.25) is 0 Å². The number of aromatic nitrogens is 3. The average Bonchev–Trinajstić information content (AvgIpc) is 3.30. The summed E-state index contributed by atoms with van der Waals surface area (Å²) in [6.45, 7) is 1.48. The lowest BCUT2D eigenvalue weighted by Crippen LogP contribution is -2.32. The van der Waals surface area contributed by atoms with Crippen molar-refractivity contribution in [2.45, 2.75) is 23.6 Å². The van der Waals surface area contributed by atoms with Crippen LogP contribution in [-0.4, -0.2) is 31.3 Å². The van der Waals surface area contributed by atoms with E-state index in [9.17, 15) is 13.2 Å². The van der Waals surface area contributed by atoms with Crippen molar-refractivity contribution in [1.82, 2.24) is 15.0 Å². The first-order valence-electron chi connectivity index (χ1n) is 9.22. The minimum atomic E-state index is -2.98. The van der Waals surface area contributed by atoms with Crippen molar-refractivity contribution in [3.8, 4) is 6.07 Å². The second-order valence-corrected chi connectivity index (χ2v) is 8.70. The second-order valence-electron chi connectivity index (χ2n) is 7.53. The molecule has 1 aliphatic heterocycles. The highest BCUT2D eigenvalue weighted by Gasteiger charge is 2.77. The standard InChI is InChI=1S/C20H14F3N7S/c1-19(15-16(20(15,22)23)31-18(25)30-19)11-5-10(2-3-12(11)21)29-17-14-13(27-8-28-17)4-9(6-24)7-26-14/h2-5,7-8,15-16H,1H3,(H2,25,30)(H,27,28,29)/t15?,16?,19-/m1/s1. The maximum absolute atomic E-state index is 14.8. The minimum Gasteiger partial charge on any atom is -0.379 e. The molecule has 2 unspecified atom stereocenters. The van der Waals surface area contributed by atoms with E-state index in [1.54, 1.807) is 6.07 Å². The number of alkyl halides is 2. The van der Waals surface area contributed by atoms with Gasteiger partial charge >= 0.3 is 0 Å². The molecule has 0 bridgehead atoms. The van der Waals surface area contributed by atoms with Crippen LogP contribution in [-0.2, 0) is 5.54 Å². The molecule has 1 saturated carbocycles. The summed E-state index contributed by atoms with van der Waals surface area (Å²) in [6.07, 6.45) is 2.69. The minimum absolute atomic E-state index is 0.0120. The number of anilines is 2. The van der Waals surface area contributed by atoms with Crippen molar-refractivity contribution in [1.29, 1.82) is 5.26 Å². The molecule has 5 rings (SSSR count). The summed E-state index contributed by atoms with van der Waals surface area (Å²) in [4.78, 5) is 16.7. The number of fused-ring (bicyclic) bond motifs is 2. The summed E-state index contributed by atoms with van der Waals surface area (Å²) in [6, 6.07) is 7.65. The molecule has 2 aromatic heterocycles. The van der Waals surface area contributed by atoms with Crippen molar-refractivity contribution in [3.63, 3.8) is 0 Å². The molecule has 3 N–H and O–H groups in total. The van der Waals surface area contributed by atoms with Gasteiger partial charge in [-0.3, -0.25) is 4.99 Å². The van der Waals surface area contributed by atoms with E-state index in [1.807, 2.05) is 6.07 Å². The largest absolute Gasteiger partial charge is 0.379 e. The molecule has 0 amide bonds. The lowest BCUT2D eigenvalue weighted by atomic mass is 9.86. The second kappa shape index (κ2) is 6.55. The smallest absolute Gasteiger partial charge is 0.267 e. The fourth-order valence-electron chi connectivity index (χ4n) is 4.02. The molecule has 1 aliphatic carbocycles. The summed E-state index contributed by atoms with van der Waals surface area (Å²) >= 11 is 0.828. The number of pyridine rings is 1. The van der Waals surface area contributed by atoms with E-state index in [4.69, 9.17) is 11.0 Å². The van der Waals surface area contributed by atoms with Gasteiger partial charge in [0.15, 0.2) is 11.0 Å². The number of nitrogens with two attached hydrogens (primary N) is 1. The van der Waals surface area contributed by atoms with Gasteiger partial charge < -0.3 is 11.1 Å². The van der Waals surface area contributed by atoms with E-state index in [1.165, 1.54) is 37.6 Å². The molecular formula is C20H14F3N7S. The van der Waals surface area contributed by atoms with Crippen LogP contribution in [0.4, 0.5) is 24.7 Å². The van der Waals surface area contributed by atoms with Crippen molar-refractivity contribution in [3.05, 3.63) is 53.7 Å². The zero-order valence-corrected chi connectivity index (χ0v) is 16.8. The third-order valence-corrected chi connectivity index (χ3v) is 6.74. The summed E-state index contributed by atoms with van der Waals surface area (Å²) in [5.41, 5.74) is 5.91. The monoisotopic (exact) mass is 441 g/mol. The van der Waals surface area contributed by atoms with E-state index in [0.29, 0.717) is 28.1 Å². The molecule has 7 nitrogen and oxygen atoms in total. The molecule has 0 spiro atoms. The van der Waals surface area contributed by atoms with Crippen LogP contribution in [0.15, 0.2) is 41.8 Å². The van der Waals surface area contributed by atoms with E-state index in [-0.39, 0.29) is 10.7 Å². The lowest BCUT2D eigenvalue weighted by molar-refractivity contribution is 0.0820. The molecule has 31 heavy (non-hydrogen) atoms. The van der Waals surface area contributed by atoms with Crippen molar-refractivity contribution < 1.29 is 13.2 Å². The molecule has 2 aliphatic rings. The van der Waals surface area contributed by atoms with Crippen LogP contribution < -0.4 is 11.1 Å². The van der Waals surface area contributed by atoms with Crippen LogP contribution >= 0.6 is 11.8 Å². The molecule has 1 aromatic carbocycles. The number of amidine groups is 1. The molecule has 3 heterocycles. The summed E-state index contributed by atoms with van der Waals surface area (Å²) < 4.78 is 43.5. The molecule has 156 valence electrons. The summed E-state index contributed by atoms with van der Waals surface area (Å²) in [5, 5.41) is 11.1. The number of aliphatic imine (C=N–C) groups is 1. The Morgan fingerprint density at radius 3 is 2.81 bits per heavy atom. The van der Waals surface area contributed by atoms with E-state index < -0.39 is 28.4 Å². The van der Waals surface area contributed by atoms with Gasteiger partial charge in [-0.2, -0.15) is 5.26 Å². The topological polar surface area (TPSA) is 113 Å². The van der Waals surface area contributed by atoms with Crippen molar-refractivity contribution in [2.75, 3.05) is 5.32 Å². The van der Waals surface area contributed by atoms with Crippen molar-refractivity contribution in [2.24, 2.45) is 16.6 Å². The summed E-state index contributed by atoms with van der Waals surface area (Å²) in [7, 11) is 0. The van der Waals surface area contributed by atoms with Gasteiger partial charge in [0, 0.05) is 17.4 Å². The molecule has 3 aromatic rings. The molecule has 0 radical (unpaired) electrons. The highest BCUT2D eigenvalue weighted by molar-refractivity contribution is 8.14. The van der Waals surface area contributed by atoms with Gasteiger partial charge in [-0.1, -0.05) is 11.8 Å². The maximum Gasteiger partial charge on any atom is 0.267 e. The van der Waals surface area contributed by atoms with Gasteiger partial charge in [0.05, 0.1) is 27.8 Å². The maximum atomic E-state index is 14.8. The van der Waals surface area contributed by atoms with E-state index in [2.05, 4.69) is 25.3 Å². The number of halogens is 3. The Hall–Kier alpha value is -3.39. The van der Waals surface area contributed by atoms with E-state index >= 15 is 0 Å². The number of nitriles is 1. The third kappa shape index (κ3) is 2.97. The Kier molecular flexibility index (Phi) is 4.14. The Labute approximate surface area is 178 Å². The van der Waals surface area contributed by atoms with Gasteiger partial charge in [-0.15, -0.1) is 0 Å². The number of benzene rings is 1. The molecule has 3 atom stereocenters. The molecule has 11 heteroatoms. The first kappa shape index (κ1) is 19.6. The SMILES string of the molecule is C[C@]1(c2cc(Nc3ncnc4cc(C#N)cnc34)ccc2F)N=C(N)SC2C1C2(F)F. The fourth-order valence-corrected chi connectivity index (χ4v) is 5.33. The predicted molar refractivity (Wildman–Crippen MR) is 111 cm³/mol. The van der Waals surface area contributed by atoms with Gasteiger partial charge in [0.25, 0.3) is 5.92 Å². The quantitative estimate of drug-likeness (QED) is 0.637. The van der Waals surface area contributed by atoms with Crippen LogP contribution in [0.5, 0.6) is 0 Å². The summed E-state index contributed by atoms with van der Waals surface area (Å²) in [5.74, 6) is -4.45. The first-order valence-corrected chi connectivity index (χ1v) is 10.1. The van der Waals surface area contributed by atoms with Gasteiger partial charge in [-0.05, 0) is 31.2 Å². The van der Waals surface area contributed by atoms with Gasteiger partial charge in [0.1, 0.15) is 23.7 Å².